The van der Waals surface area contributed by atoms with Crippen LogP contribution in [0, 0.1) is 6.92 Å². The van der Waals surface area contributed by atoms with Gasteiger partial charge in [-0.1, -0.05) is 30.3 Å². The van der Waals surface area contributed by atoms with Gasteiger partial charge < -0.3 is 14.8 Å². The molecule has 5 heteroatoms. The SMILES string of the molecule is COc1cc(OC)cc(C(=O)Nc2ccc(CSc3ccccc3)cc2C)c1. The Morgan fingerprint density at radius 3 is 2.21 bits per heavy atom. The number of amides is 1. The highest BCUT2D eigenvalue weighted by Crippen LogP contribution is 2.26. The molecule has 0 saturated heterocycles. The summed E-state index contributed by atoms with van der Waals surface area (Å²) in [6.45, 7) is 2.00. The van der Waals surface area contributed by atoms with E-state index in [1.54, 1.807) is 44.2 Å². The average Bonchev–Trinajstić information content (AvgIpc) is 2.74. The summed E-state index contributed by atoms with van der Waals surface area (Å²) in [4.78, 5) is 13.9. The molecule has 0 aliphatic rings. The molecule has 1 amide bonds. The Kier molecular flexibility index (Phi) is 6.61. The van der Waals surface area contributed by atoms with Gasteiger partial charge in [0.1, 0.15) is 11.5 Å². The third kappa shape index (κ3) is 5.08. The highest BCUT2D eigenvalue weighted by atomic mass is 32.2. The number of thioether (sulfide) groups is 1. The van der Waals surface area contributed by atoms with Gasteiger partial charge in [0.2, 0.25) is 0 Å². The van der Waals surface area contributed by atoms with Gasteiger partial charge in [0.05, 0.1) is 14.2 Å². The van der Waals surface area contributed by atoms with E-state index in [0.717, 1.165) is 17.0 Å². The second-order valence-electron chi connectivity index (χ2n) is 6.31. The number of methoxy groups -OCH3 is 2. The number of carbonyl (C=O) groups excluding carboxylic acids is 1. The molecule has 0 aromatic heterocycles. The van der Waals surface area contributed by atoms with Gasteiger partial charge in [0.15, 0.2) is 0 Å². The zero-order valence-electron chi connectivity index (χ0n) is 16.2. The summed E-state index contributed by atoms with van der Waals surface area (Å²) in [5, 5.41) is 2.97. The van der Waals surface area contributed by atoms with E-state index in [0.29, 0.717) is 17.1 Å². The molecule has 0 bridgehead atoms. The van der Waals surface area contributed by atoms with Crippen LogP contribution < -0.4 is 14.8 Å². The number of ether oxygens (including phenoxy) is 2. The van der Waals surface area contributed by atoms with E-state index in [1.165, 1.54) is 10.5 Å². The first kappa shape index (κ1) is 19.8. The van der Waals surface area contributed by atoms with Crippen LogP contribution in [0.25, 0.3) is 0 Å². The molecular formula is C23H23NO3S. The van der Waals surface area contributed by atoms with Gasteiger partial charge >= 0.3 is 0 Å². The number of aryl methyl sites for hydroxylation is 1. The average molecular weight is 394 g/mol. The lowest BCUT2D eigenvalue weighted by Gasteiger charge is -2.12. The van der Waals surface area contributed by atoms with E-state index in [9.17, 15) is 4.79 Å². The van der Waals surface area contributed by atoms with E-state index in [-0.39, 0.29) is 5.91 Å². The second-order valence-corrected chi connectivity index (χ2v) is 7.36. The van der Waals surface area contributed by atoms with Crippen LogP contribution in [0.15, 0.2) is 71.6 Å². The number of hydrogen-bond acceptors (Lipinski definition) is 4. The molecule has 144 valence electrons. The van der Waals surface area contributed by atoms with Gasteiger partial charge in [-0.3, -0.25) is 4.79 Å². The summed E-state index contributed by atoms with van der Waals surface area (Å²) in [5.41, 5.74) is 3.52. The zero-order chi connectivity index (χ0) is 19.9. The fourth-order valence-corrected chi connectivity index (χ4v) is 3.63. The molecule has 0 heterocycles. The summed E-state index contributed by atoms with van der Waals surface area (Å²) < 4.78 is 10.5. The first-order valence-corrected chi connectivity index (χ1v) is 9.89. The molecule has 0 spiro atoms. The van der Waals surface area contributed by atoms with Crippen LogP contribution in [0.1, 0.15) is 21.5 Å². The number of carbonyl (C=O) groups is 1. The number of rotatable bonds is 7. The van der Waals surface area contributed by atoms with Crippen molar-refractivity contribution in [2.45, 2.75) is 17.6 Å². The highest BCUT2D eigenvalue weighted by molar-refractivity contribution is 7.98. The monoisotopic (exact) mass is 393 g/mol. The molecule has 3 aromatic carbocycles. The Morgan fingerprint density at radius 1 is 0.929 bits per heavy atom. The molecule has 4 nitrogen and oxygen atoms in total. The molecule has 0 fully saturated rings. The fourth-order valence-electron chi connectivity index (χ4n) is 2.77. The Bertz CT molecular complexity index is 935. The van der Waals surface area contributed by atoms with Crippen molar-refractivity contribution < 1.29 is 14.3 Å². The van der Waals surface area contributed by atoms with Crippen LogP contribution in [-0.4, -0.2) is 20.1 Å². The molecule has 0 aliphatic heterocycles. The molecule has 0 atom stereocenters. The number of benzene rings is 3. The predicted octanol–water partition coefficient (Wildman–Crippen LogP) is 5.56. The third-order valence-electron chi connectivity index (χ3n) is 4.30. The van der Waals surface area contributed by atoms with Gasteiger partial charge in [-0.25, -0.2) is 0 Å². The molecule has 0 radical (unpaired) electrons. The standard InChI is InChI=1S/C23H23NO3S/c1-16-11-17(15-28-21-7-5-4-6-8-21)9-10-22(16)24-23(25)18-12-19(26-2)14-20(13-18)27-3/h4-14H,15H2,1-3H3,(H,24,25). The lowest BCUT2D eigenvalue weighted by molar-refractivity contribution is 0.102. The van der Waals surface area contributed by atoms with E-state index in [2.05, 4.69) is 23.5 Å². The van der Waals surface area contributed by atoms with E-state index in [1.807, 2.05) is 37.3 Å². The van der Waals surface area contributed by atoms with Crippen LogP contribution in [0.3, 0.4) is 0 Å². The maximum Gasteiger partial charge on any atom is 0.255 e. The lowest BCUT2D eigenvalue weighted by Crippen LogP contribution is -2.13. The predicted molar refractivity (Wildman–Crippen MR) is 115 cm³/mol. The van der Waals surface area contributed by atoms with Gasteiger partial charge in [0.25, 0.3) is 5.91 Å². The van der Waals surface area contributed by atoms with Crippen molar-refractivity contribution in [1.82, 2.24) is 0 Å². The molecule has 3 aromatic rings. The normalized spacial score (nSPS) is 10.4. The molecule has 0 aliphatic carbocycles. The summed E-state index contributed by atoms with van der Waals surface area (Å²) >= 11 is 1.79. The maximum absolute atomic E-state index is 12.7. The molecule has 3 rings (SSSR count). The van der Waals surface area contributed by atoms with Gasteiger partial charge in [0, 0.05) is 28.0 Å². The van der Waals surface area contributed by atoms with E-state index < -0.39 is 0 Å². The quantitative estimate of drug-likeness (QED) is 0.534. The second kappa shape index (κ2) is 9.33. The smallest absolute Gasteiger partial charge is 0.255 e. The van der Waals surface area contributed by atoms with Crippen LogP contribution >= 0.6 is 11.8 Å². The van der Waals surface area contributed by atoms with Gasteiger partial charge in [-0.05, 0) is 48.4 Å². The molecular weight excluding hydrogens is 370 g/mol. The van der Waals surface area contributed by atoms with Crippen molar-refractivity contribution in [1.29, 1.82) is 0 Å². The first-order chi connectivity index (χ1) is 13.6. The number of nitrogens with one attached hydrogen (secondary N) is 1. The maximum atomic E-state index is 12.7. The minimum absolute atomic E-state index is 0.202. The lowest BCUT2D eigenvalue weighted by atomic mass is 10.1. The Labute approximate surface area is 169 Å². The molecule has 1 N–H and O–H groups in total. The van der Waals surface area contributed by atoms with Crippen molar-refractivity contribution >= 4 is 23.4 Å². The van der Waals surface area contributed by atoms with E-state index >= 15 is 0 Å². The van der Waals surface area contributed by atoms with Crippen molar-refractivity contribution in [2.24, 2.45) is 0 Å². The summed E-state index contributed by atoms with van der Waals surface area (Å²) in [6, 6.07) is 21.5. The first-order valence-electron chi connectivity index (χ1n) is 8.91. The molecule has 0 unspecified atom stereocenters. The van der Waals surface area contributed by atoms with Gasteiger partial charge in [-0.15, -0.1) is 11.8 Å². The van der Waals surface area contributed by atoms with Crippen LogP contribution in [-0.2, 0) is 5.75 Å². The van der Waals surface area contributed by atoms with Crippen LogP contribution in [0.4, 0.5) is 5.69 Å². The minimum Gasteiger partial charge on any atom is -0.497 e. The molecule has 0 saturated carbocycles. The fraction of sp³-hybridized carbons (Fsp3) is 0.174. The van der Waals surface area contributed by atoms with Crippen LogP contribution in [0.2, 0.25) is 0 Å². The van der Waals surface area contributed by atoms with Crippen molar-refractivity contribution in [3.8, 4) is 11.5 Å². The van der Waals surface area contributed by atoms with Gasteiger partial charge in [-0.2, -0.15) is 0 Å². The topological polar surface area (TPSA) is 47.6 Å². The minimum atomic E-state index is -0.202. The third-order valence-corrected chi connectivity index (χ3v) is 5.38. The molecule has 28 heavy (non-hydrogen) atoms. The van der Waals surface area contributed by atoms with Crippen LogP contribution in [0.5, 0.6) is 11.5 Å². The summed E-state index contributed by atoms with van der Waals surface area (Å²) in [7, 11) is 3.12. The zero-order valence-corrected chi connectivity index (χ0v) is 17.0. The van der Waals surface area contributed by atoms with Crippen molar-refractivity contribution in [3.63, 3.8) is 0 Å². The largest absolute Gasteiger partial charge is 0.497 e. The number of hydrogen-bond donors (Lipinski definition) is 1. The van der Waals surface area contributed by atoms with Crippen molar-refractivity contribution in [2.75, 3.05) is 19.5 Å². The number of anilines is 1. The Morgan fingerprint density at radius 2 is 1.61 bits per heavy atom. The Balaban J connectivity index is 1.70. The summed E-state index contributed by atoms with van der Waals surface area (Å²) in [5.74, 6) is 1.84. The van der Waals surface area contributed by atoms with E-state index in [4.69, 9.17) is 9.47 Å². The Hall–Kier alpha value is -2.92. The van der Waals surface area contributed by atoms with Crippen molar-refractivity contribution in [3.05, 3.63) is 83.4 Å². The highest BCUT2D eigenvalue weighted by Gasteiger charge is 2.12. The summed E-state index contributed by atoms with van der Waals surface area (Å²) in [6.07, 6.45) is 0.